The first-order chi connectivity index (χ1) is 9.22. The maximum Gasteiger partial charge on any atom is 0.167 e. The van der Waals surface area contributed by atoms with Crippen molar-refractivity contribution in [2.24, 2.45) is 0 Å². The number of hydrogen-bond acceptors (Lipinski definition) is 2. The van der Waals surface area contributed by atoms with Gasteiger partial charge in [0.25, 0.3) is 0 Å². The molecule has 3 nitrogen and oxygen atoms in total. The van der Waals surface area contributed by atoms with Crippen molar-refractivity contribution < 1.29 is 13.5 Å². The van der Waals surface area contributed by atoms with Crippen molar-refractivity contribution in [2.75, 3.05) is 0 Å². The monoisotopic (exact) mass is 260 g/mol. The first-order valence-corrected chi connectivity index (χ1v) is 5.74. The summed E-state index contributed by atoms with van der Waals surface area (Å²) in [6.07, 6.45) is 0. The van der Waals surface area contributed by atoms with Crippen LogP contribution in [0.2, 0.25) is 0 Å². The Morgan fingerprint density at radius 2 is 1.95 bits per heavy atom. The number of nitrogens with one attached hydrogen (secondary N) is 1. The Kier molecular flexibility index (Phi) is 2.87. The Balaban J connectivity index is 1.78. The Morgan fingerprint density at radius 1 is 1.11 bits per heavy atom. The molecule has 0 atom stereocenters. The third-order valence-electron chi connectivity index (χ3n) is 2.70. The van der Waals surface area contributed by atoms with Gasteiger partial charge in [0.15, 0.2) is 11.6 Å². The van der Waals surface area contributed by atoms with E-state index in [1.807, 2.05) is 24.3 Å². The van der Waals surface area contributed by atoms with Crippen molar-refractivity contribution in [1.29, 1.82) is 0 Å². The molecular weight excluding hydrogens is 250 g/mol. The summed E-state index contributed by atoms with van der Waals surface area (Å²) in [5.74, 6) is -0.767. The van der Waals surface area contributed by atoms with Crippen LogP contribution in [0, 0.1) is 11.6 Å². The number of fused-ring (bicyclic) bond motifs is 1. The van der Waals surface area contributed by atoms with E-state index in [0.717, 1.165) is 23.2 Å². The molecule has 0 bridgehead atoms. The third-order valence-corrected chi connectivity index (χ3v) is 2.70. The van der Waals surface area contributed by atoms with Gasteiger partial charge in [-0.05, 0) is 24.3 Å². The van der Waals surface area contributed by atoms with E-state index in [2.05, 4.69) is 9.97 Å². The van der Waals surface area contributed by atoms with Crippen LogP contribution < -0.4 is 4.74 Å². The molecule has 5 heteroatoms. The van der Waals surface area contributed by atoms with Crippen molar-refractivity contribution in [2.45, 2.75) is 6.61 Å². The Bertz CT molecular complexity index is 691. The van der Waals surface area contributed by atoms with E-state index >= 15 is 0 Å². The fraction of sp³-hybridized carbons (Fsp3) is 0.0714. The minimum atomic E-state index is -0.726. The maximum atomic E-state index is 13.4. The lowest BCUT2D eigenvalue weighted by atomic mass is 10.3. The van der Waals surface area contributed by atoms with Gasteiger partial charge < -0.3 is 9.72 Å². The zero-order chi connectivity index (χ0) is 13.2. The molecule has 0 aliphatic heterocycles. The summed E-state index contributed by atoms with van der Waals surface area (Å²) in [5.41, 5.74) is 1.71. The molecule has 0 unspecified atom stereocenters. The molecule has 3 aromatic rings. The third kappa shape index (κ3) is 2.40. The predicted octanol–water partition coefficient (Wildman–Crippen LogP) is 3.42. The summed E-state index contributed by atoms with van der Waals surface area (Å²) >= 11 is 0. The van der Waals surface area contributed by atoms with Gasteiger partial charge in [-0.2, -0.15) is 0 Å². The van der Waals surface area contributed by atoms with Crippen LogP contribution in [0.4, 0.5) is 8.78 Å². The standard InChI is InChI=1S/C14H10F2N2O/c15-9-5-6-13(10(16)7-9)19-8-14-17-11-3-1-2-4-12(11)18-14/h1-7H,8H2,(H,17,18). The number of benzene rings is 2. The first kappa shape index (κ1) is 11.6. The molecule has 19 heavy (non-hydrogen) atoms. The second-order valence-electron chi connectivity index (χ2n) is 4.06. The van der Waals surface area contributed by atoms with Gasteiger partial charge in [-0.1, -0.05) is 12.1 Å². The molecular formula is C14H10F2N2O. The van der Waals surface area contributed by atoms with E-state index in [1.165, 1.54) is 6.07 Å². The minimum Gasteiger partial charge on any atom is -0.483 e. The molecule has 2 aromatic carbocycles. The molecule has 0 radical (unpaired) electrons. The second-order valence-corrected chi connectivity index (χ2v) is 4.06. The lowest BCUT2D eigenvalue weighted by molar-refractivity contribution is 0.281. The maximum absolute atomic E-state index is 13.4. The fourth-order valence-corrected chi connectivity index (χ4v) is 1.81. The molecule has 1 N–H and O–H groups in total. The highest BCUT2D eigenvalue weighted by Crippen LogP contribution is 2.19. The van der Waals surface area contributed by atoms with Gasteiger partial charge in [0.05, 0.1) is 11.0 Å². The molecule has 0 fully saturated rings. The molecule has 0 spiro atoms. The highest BCUT2D eigenvalue weighted by Gasteiger charge is 2.07. The second kappa shape index (κ2) is 4.68. The highest BCUT2D eigenvalue weighted by molar-refractivity contribution is 5.74. The minimum absolute atomic E-state index is 0.00172. The number of aromatic amines is 1. The van der Waals surface area contributed by atoms with Crippen molar-refractivity contribution in [3.8, 4) is 5.75 Å². The number of aromatic nitrogens is 2. The topological polar surface area (TPSA) is 37.9 Å². The van der Waals surface area contributed by atoms with E-state index in [9.17, 15) is 8.78 Å². The molecule has 0 aliphatic rings. The van der Waals surface area contributed by atoms with Gasteiger partial charge in [0, 0.05) is 6.07 Å². The summed E-state index contributed by atoms with van der Waals surface area (Å²) in [6.45, 7) is 0.0945. The summed E-state index contributed by atoms with van der Waals surface area (Å²) in [5, 5.41) is 0. The van der Waals surface area contributed by atoms with Crippen LogP contribution in [-0.2, 0) is 6.61 Å². The Morgan fingerprint density at radius 3 is 2.74 bits per heavy atom. The van der Waals surface area contributed by atoms with Crippen LogP contribution in [0.3, 0.4) is 0 Å². The van der Waals surface area contributed by atoms with Crippen molar-refractivity contribution in [1.82, 2.24) is 9.97 Å². The van der Waals surface area contributed by atoms with E-state index < -0.39 is 11.6 Å². The molecule has 96 valence electrons. The van der Waals surface area contributed by atoms with Crippen LogP contribution >= 0.6 is 0 Å². The zero-order valence-electron chi connectivity index (χ0n) is 9.86. The number of halogens is 2. The quantitative estimate of drug-likeness (QED) is 0.783. The molecule has 1 heterocycles. The normalized spacial score (nSPS) is 10.8. The van der Waals surface area contributed by atoms with Gasteiger partial charge in [-0.3, -0.25) is 0 Å². The van der Waals surface area contributed by atoms with Crippen LogP contribution in [0.1, 0.15) is 5.82 Å². The van der Waals surface area contributed by atoms with E-state index in [1.54, 1.807) is 0 Å². The summed E-state index contributed by atoms with van der Waals surface area (Å²) in [6, 6.07) is 10.7. The first-order valence-electron chi connectivity index (χ1n) is 5.74. The number of ether oxygens (including phenoxy) is 1. The van der Waals surface area contributed by atoms with Gasteiger partial charge in [0.1, 0.15) is 18.2 Å². The van der Waals surface area contributed by atoms with Crippen LogP contribution in [0.25, 0.3) is 11.0 Å². The molecule has 3 rings (SSSR count). The van der Waals surface area contributed by atoms with Gasteiger partial charge in [0.2, 0.25) is 0 Å². The van der Waals surface area contributed by atoms with E-state index in [-0.39, 0.29) is 12.4 Å². The Labute approximate surface area is 107 Å². The molecule has 0 amide bonds. The highest BCUT2D eigenvalue weighted by atomic mass is 19.1. The predicted molar refractivity (Wildman–Crippen MR) is 66.8 cm³/mol. The van der Waals surface area contributed by atoms with Crippen LogP contribution in [-0.4, -0.2) is 9.97 Å². The van der Waals surface area contributed by atoms with Gasteiger partial charge >= 0.3 is 0 Å². The molecule has 1 aromatic heterocycles. The summed E-state index contributed by atoms with van der Waals surface area (Å²) in [7, 11) is 0. The van der Waals surface area contributed by atoms with Crippen molar-refractivity contribution in [3.63, 3.8) is 0 Å². The number of nitrogens with zero attached hydrogens (tertiary/aromatic N) is 1. The van der Waals surface area contributed by atoms with Gasteiger partial charge in [-0.15, -0.1) is 0 Å². The van der Waals surface area contributed by atoms with E-state index in [4.69, 9.17) is 4.74 Å². The largest absolute Gasteiger partial charge is 0.483 e. The average Bonchev–Trinajstić information content (AvgIpc) is 2.80. The summed E-state index contributed by atoms with van der Waals surface area (Å²) < 4.78 is 31.4. The average molecular weight is 260 g/mol. The number of rotatable bonds is 3. The Hall–Kier alpha value is -2.43. The molecule has 0 saturated carbocycles. The molecule has 0 aliphatic carbocycles. The SMILES string of the molecule is Fc1ccc(OCc2nc3ccccc3[nH]2)c(F)c1. The number of imidazole rings is 1. The van der Waals surface area contributed by atoms with E-state index in [0.29, 0.717) is 5.82 Å². The number of para-hydroxylation sites is 2. The lowest BCUT2D eigenvalue weighted by Crippen LogP contribution is -1.99. The fourth-order valence-electron chi connectivity index (χ4n) is 1.81. The van der Waals surface area contributed by atoms with Crippen LogP contribution in [0.5, 0.6) is 5.75 Å². The zero-order valence-corrected chi connectivity index (χ0v) is 9.86. The molecule has 0 saturated heterocycles. The van der Waals surface area contributed by atoms with Gasteiger partial charge in [-0.25, -0.2) is 13.8 Å². The van der Waals surface area contributed by atoms with Crippen molar-refractivity contribution >= 4 is 11.0 Å². The number of hydrogen-bond donors (Lipinski definition) is 1. The smallest absolute Gasteiger partial charge is 0.167 e. The van der Waals surface area contributed by atoms with Crippen molar-refractivity contribution in [3.05, 3.63) is 59.9 Å². The summed E-state index contributed by atoms with van der Waals surface area (Å²) in [4.78, 5) is 7.36. The van der Waals surface area contributed by atoms with Crippen LogP contribution in [0.15, 0.2) is 42.5 Å². The number of H-pyrrole nitrogens is 1. The lowest BCUT2D eigenvalue weighted by Gasteiger charge is -2.04.